The van der Waals surface area contributed by atoms with Crippen molar-refractivity contribution >= 4 is 44.7 Å². The van der Waals surface area contributed by atoms with Crippen molar-refractivity contribution in [1.29, 1.82) is 0 Å². The summed E-state index contributed by atoms with van der Waals surface area (Å²) in [6, 6.07) is 5.65. The predicted octanol–water partition coefficient (Wildman–Crippen LogP) is 2.45. The molecule has 2 aromatic rings. The van der Waals surface area contributed by atoms with Crippen molar-refractivity contribution in [3.63, 3.8) is 0 Å². The van der Waals surface area contributed by atoms with Gasteiger partial charge < -0.3 is 15.5 Å². The Labute approximate surface area is 135 Å². The van der Waals surface area contributed by atoms with Crippen molar-refractivity contribution < 1.29 is 4.79 Å². The predicted molar refractivity (Wildman–Crippen MR) is 88.8 cm³/mol. The van der Waals surface area contributed by atoms with Crippen LogP contribution < -0.4 is 10.6 Å². The summed E-state index contributed by atoms with van der Waals surface area (Å²) in [4.78, 5) is 20.6. The molecule has 0 saturated carbocycles. The van der Waals surface area contributed by atoms with Crippen LogP contribution in [-0.4, -0.2) is 42.0 Å². The van der Waals surface area contributed by atoms with Crippen molar-refractivity contribution in [2.75, 3.05) is 36.8 Å². The number of thiophene rings is 1. The van der Waals surface area contributed by atoms with Crippen LogP contribution >= 0.6 is 27.3 Å². The van der Waals surface area contributed by atoms with Gasteiger partial charge >= 0.3 is 0 Å². The van der Waals surface area contributed by atoms with Gasteiger partial charge in [-0.2, -0.15) is 0 Å². The van der Waals surface area contributed by atoms with Crippen LogP contribution in [0.15, 0.2) is 33.6 Å². The molecule has 21 heavy (non-hydrogen) atoms. The van der Waals surface area contributed by atoms with E-state index in [1.165, 1.54) is 11.3 Å². The number of piperazine rings is 1. The fourth-order valence-electron chi connectivity index (χ4n) is 2.36. The quantitative estimate of drug-likeness (QED) is 0.886. The van der Waals surface area contributed by atoms with E-state index in [1.54, 1.807) is 12.3 Å². The molecule has 0 unspecified atom stereocenters. The standard InChI is InChI=1S/C14H15BrN4OS/c15-12-7-10(9-21-12)14(20)19-5-3-18(4-6-19)11-1-2-13(16)17-8-11/h1-2,7-9H,3-6H2,(H2,16,17). The van der Waals surface area contributed by atoms with Crippen molar-refractivity contribution in [3.05, 3.63) is 39.1 Å². The molecule has 7 heteroatoms. The first-order chi connectivity index (χ1) is 10.1. The maximum Gasteiger partial charge on any atom is 0.254 e. The van der Waals surface area contributed by atoms with Crippen LogP contribution in [0.3, 0.4) is 0 Å². The number of hydrogen-bond donors (Lipinski definition) is 1. The van der Waals surface area contributed by atoms with Crippen LogP contribution in [0.2, 0.25) is 0 Å². The van der Waals surface area contributed by atoms with Crippen LogP contribution in [0, 0.1) is 0 Å². The molecule has 0 atom stereocenters. The normalized spacial score (nSPS) is 15.3. The Morgan fingerprint density at radius 3 is 2.62 bits per heavy atom. The SMILES string of the molecule is Nc1ccc(N2CCN(C(=O)c3csc(Br)c3)CC2)cn1. The monoisotopic (exact) mass is 366 g/mol. The van der Waals surface area contributed by atoms with Gasteiger partial charge in [-0.15, -0.1) is 11.3 Å². The Morgan fingerprint density at radius 2 is 2.05 bits per heavy atom. The number of halogens is 1. The molecule has 1 fully saturated rings. The van der Waals surface area contributed by atoms with E-state index in [9.17, 15) is 4.79 Å². The maximum atomic E-state index is 12.4. The average Bonchev–Trinajstić information content (AvgIpc) is 2.94. The highest BCUT2D eigenvalue weighted by atomic mass is 79.9. The summed E-state index contributed by atoms with van der Waals surface area (Å²) < 4.78 is 0.984. The number of anilines is 2. The lowest BCUT2D eigenvalue weighted by molar-refractivity contribution is 0.0747. The highest BCUT2D eigenvalue weighted by Gasteiger charge is 2.23. The Hall–Kier alpha value is -1.60. The average molecular weight is 367 g/mol. The van der Waals surface area contributed by atoms with Gasteiger partial charge in [-0.1, -0.05) is 0 Å². The summed E-state index contributed by atoms with van der Waals surface area (Å²) >= 11 is 4.93. The number of nitrogens with two attached hydrogens (primary N) is 1. The third kappa shape index (κ3) is 3.19. The van der Waals surface area contributed by atoms with Crippen molar-refractivity contribution in [2.24, 2.45) is 0 Å². The minimum absolute atomic E-state index is 0.104. The topological polar surface area (TPSA) is 62.5 Å². The number of nitrogen functional groups attached to an aromatic ring is 1. The molecule has 1 saturated heterocycles. The minimum Gasteiger partial charge on any atom is -0.384 e. The van der Waals surface area contributed by atoms with Crippen molar-refractivity contribution in [2.45, 2.75) is 0 Å². The fraction of sp³-hybridized carbons (Fsp3) is 0.286. The zero-order valence-corrected chi connectivity index (χ0v) is 13.7. The van der Waals surface area contributed by atoms with Gasteiger partial charge in [0.05, 0.1) is 21.2 Å². The molecule has 2 N–H and O–H groups in total. The van der Waals surface area contributed by atoms with E-state index in [1.807, 2.05) is 22.4 Å². The maximum absolute atomic E-state index is 12.4. The van der Waals surface area contributed by atoms with Crippen molar-refractivity contribution in [1.82, 2.24) is 9.88 Å². The molecule has 3 heterocycles. The Morgan fingerprint density at radius 1 is 1.29 bits per heavy atom. The summed E-state index contributed by atoms with van der Waals surface area (Å²) in [5, 5.41) is 1.89. The number of nitrogens with zero attached hydrogens (tertiary/aromatic N) is 3. The van der Waals surface area contributed by atoms with Crippen LogP contribution in [0.5, 0.6) is 0 Å². The summed E-state index contributed by atoms with van der Waals surface area (Å²) in [5.74, 6) is 0.627. The largest absolute Gasteiger partial charge is 0.384 e. The molecule has 0 bridgehead atoms. The zero-order valence-electron chi connectivity index (χ0n) is 11.3. The summed E-state index contributed by atoms with van der Waals surface area (Å²) in [6.45, 7) is 3.05. The van der Waals surface area contributed by atoms with Gasteiger partial charge in [0.2, 0.25) is 0 Å². The Kier molecular flexibility index (Phi) is 4.12. The second-order valence-corrected chi connectivity index (χ2v) is 7.15. The van der Waals surface area contributed by atoms with E-state index in [4.69, 9.17) is 5.73 Å². The molecule has 110 valence electrons. The second kappa shape index (κ2) is 6.03. The van der Waals surface area contributed by atoms with Gasteiger partial charge in [0, 0.05) is 31.6 Å². The van der Waals surface area contributed by atoms with Gasteiger partial charge in [0.15, 0.2) is 0 Å². The molecule has 0 aliphatic carbocycles. The van der Waals surface area contributed by atoms with E-state index in [2.05, 4.69) is 25.8 Å². The van der Waals surface area contributed by atoms with E-state index in [-0.39, 0.29) is 5.91 Å². The zero-order chi connectivity index (χ0) is 14.8. The first-order valence-corrected chi connectivity index (χ1v) is 8.30. The summed E-state index contributed by atoms with van der Waals surface area (Å²) in [6.07, 6.45) is 1.78. The van der Waals surface area contributed by atoms with Gasteiger partial charge in [-0.3, -0.25) is 4.79 Å². The minimum atomic E-state index is 0.104. The van der Waals surface area contributed by atoms with E-state index in [0.717, 1.165) is 41.2 Å². The molecular formula is C14H15BrN4OS. The highest BCUT2D eigenvalue weighted by molar-refractivity contribution is 9.11. The van der Waals surface area contributed by atoms with Crippen LogP contribution in [-0.2, 0) is 0 Å². The van der Waals surface area contributed by atoms with E-state index >= 15 is 0 Å². The highest BCUT2D eigenvalue weighted by Crippen LogP contribution is 2.23. The molecule has 2 aromatic heterocycles. The number of pyridine rings is 1. The van der Waals surface area contributed by atoms with Crippen LogP contribution in [0.25, 0.3) is 0 Å². The van der Waals surface area contributed by atoms with Crippen molar-refractivity contribution in [3.8, 4) is 0 Å². The van der Waals surface area contributed by atoms with Gasteiger partial charge in [0.1, 0.15) is 5.82 Å². The second-order valence-electron chi connectivity index (χ2n) is 4.86. The lowest BCUT2D eigenvalue weighted by Crippen LogP contribution is -2.48. The molecule has 5 nitrogen and oxygen atoms in total. The lowest BCUT2D eigenvalue weighted by Gasteiger charge is -2.35. The molecule has 3 rings (SSSR count). The summed E-state index contributed by atoms with van der Waals surface area (Å²) in [5.41, 5.74) is 7.41. The van der Waals surface area contributed by atoms with Gasteiger partial charge in [-0.05, 0) is 34.1 Å². The van der Waals surface area contributed by atoms with E-state index < -0.39 is 0 Å². The molecule has 0 spiro atoms. The molecule has 1 aliphatic heterocycles. The molecule has 1 aliphatic rings. The van der Waals surface area contributed by atoms with Crippen LogP contribution in [0.4, 0.5) is 11.5 Å². The number of amides is 1. The van der Waals surface area contributed by atoms with Crippen LogP contribution in [0.1, 0.15) is 10.4 Å². The van der Waals surface area contributed by atoms with Gasteiger partial charge in [-0.25, -0.2) is 4.98 Å². The third-order valence-corrected chi connectivity index (χ3v) is 5.02. The molecule has 0 aromatic carbocycles. The van der Waals surface area contributed by atoms with E-state index in [0.29, 0.717) is 5.82 Å². The molecular weight excluding hydrogens is 352 g/mol. The first kappa shape index (κ1) is 14.3. The lowest BCUT2D eigenvalue weighted by atomic mass is 10.2. The molecule has 1 amide bonds. The molecule has 0 radical (unpaired) electrons. The Bertz CT molecular complexity index is 635. The number of hydrogen-bond acceptors (Lipinski definition) is 5. The number of carbonyl (C=O) groups excluding carboxylic acids is 1. The summed E-state index contributed by atoms with van der Waals surface area (Å²) in [7, 11) is 0. The fourth-order valence-corrected chi connectivity index (χ4v) is 3.49. The number of carbonyl (C=O) groups is 1. The smallest absolute Gasteiger partial charge is 0.254 e. The number of aromatic nitrogens is 1. The van der Waals surface area contributed by atoms with Gasteiger partial charge in [0.25, 0.3) is 5.91 Å². The third-order valence-electron chi connectivity index (χ3n) is 3.52. The number of rotatable bonds is 2. The first-order valence-electron chi connectivity index (χ1n) is 6.63. The Balaban J connectivity index is 1.62.